The van der Waals surface area contributed by atoms with Crippen LogP contribution in [0.4, 0.5) is 14.6 Å². The molecule has 0 bridgehead atoms. The standard InChI is InChI=1S/C13H12F2N4O/c14-7-4-10(12(16)20)19(5-7)13-11-8(15)2-1-3-9(11)17-6-18-13/h1-3,6-7,10H,4-5H2,(H2,16,20)/t7-,10+/m1/s1. The predicted molar refractivity (Wildman–Crippen MR) is 69.3 cm³/mol. The zero-order chi connectivity index (χ0) is 14.3. The molecule has 2 atom stereocenters. The van der Waals surface area contributed by atoms with Crippen LogP contribution in [0.25, 0.3) is 10.9 Å². The Balaban J connectivity index is 2.17. The first-order valence-electron chi connectivity index (χ1n) is 6.17. The molecule has 0 spiro atoms. The number of benzene rings is 1. The van der Waals surface area contributed by atoms with Crippen molar-refractivity contribution in [2.24, 2.45) is 5.73 Å². The third kappa shape index (κ3) is 1.95. The number of rotatable bonds is 2. The Morgan fingerprint density at radius 2 is 2.20 bits per heavy atom. The highest BCUT2D eigenvalue weighted by Crippen LogP contribution is 2.31. The predicted octanol–water partition coefficient (Wildman–Crippen LogP) is 1.17. The summed E-state index contributed by atoms with van der Waals surface area (Å²) in [6.07, 6.45) is 0.0694. The lowest BCUT2D eigenvalue weighted by Crippen LogP contribution is -2.40. The molecule has 5 nitrogen and oxygen atoms in total. The minimum Gasteiger partial charge on any atom is -0.368 e. The minimum absolute atomic E-state index is 0.00468. The Kier molecular flexibility index (Phi) is 2.96. The van der Waals surface area contributed by atoms with Gasteiger partial charge in [0.25, 0.3) is 0 Å². The van der Waals surface area contributed by atoms with Crippen molar-refractivity contribution in [3.63, 3.8) is 0 Å². The highest BCUT2D eigenvalue weighted by atomic mass is 19.1. The summed E-state index contributed by atoms with van der Waals surface area (Å²) in [4.78, 5) is 20.8. The lowest BCUT2D eigenvalue weighted by Gasteiger charge is -2.23. The van der Waals surface area contributed by atoms with Gasteiger partial charge in [-0.2, -0.15) is 0 Å². The van der Waals surface area contributed by atoms with E-state index in [1.165, 1.54) is 23.4 Å². The van der Waals surface area contributed by atoms with Crippen LogP contribution in [0.1, 0.15) is 6.42 Å². The van der Waals surface area contributed by atoms with Gasteiger partial charge < -0.3 is 10.6 Å². The quantitative estimate of drug-likeness (QED) is 0.895. The first-order chi connectivity index (χ1) is 9.58. The topological polar surface area (TPSA) is 72.1 Å². The van der Waals surface area contributed by atoms with Crippen LogP contribution in [0, 0.1) is 5.82 Å². The van der Waals surface area contributed by atoms with Crippen molar-refractivity contribution in [3.05, 3.63) is 30.3 Å². The van der Waals surface area contributed by atoms with E-state index in [4.69, 9.17) is 5.73 Å². The average Bonchev–Trinajstić information content (AvgIpc) is 2.81. The maximum Gasteiger partial charge on any atom is 0.240 e. The number of nitrogens with two attached hydrogens (primary N) is 1. The molecule has 1 amide bonds. The summed E-state index contributed by atoms with van der Waals surface area (Å²) in [5.41, 5.74) is 5.69. The molecular formula is C13H12F2N4O. The second kappa shape index (κ2) is 4.66. The summed E-state index contributed by atoms with van der Waals surface area (Å²) >= 11 is 0. The molecule has 1 aromatic carbocycles. The Labute approximate surface area is 113 Å². The second-order valence-electron chi connectivity index (χ2n) is 4.73. The normalized spacial score (nSPS) is 22.4. The molecule has 104 valence electrons. The van der Waals surface area contributed by atoms with E-state index >= 15 is 0 Å². The van der Waals surface area contributed by atoms with Crippen molar-refractivity contribution in [1.29, 1.82) is 0 Å². The van der Waals surface area contributed by atoms with Crippen LogP contribution in [0.2, 0.25) is 0 Å². The van der Waals surface area contributed by atoms with Gasteiger partial charge in [0.1, 0.15) is 30.2 Å². The van der Waals surface area contributed by atoms with Crippen molar-refractivity contribution >= 4 is 22.6 Å². The van der Waals surface area contributed by atoms with Crippen molar-refractivity contribution in [1.82, 2.24) is 9.97 Å². The largest absolute Gasteiger partial charge is 0.368 e. The van der Waals surface area contributed by atoms with Crippen molar-refractivity contribution < 1.29 is 13.6 Å². The summed E-state index contributed by atoms with van der Waals surface area (Å²) in [5, 5.41) is 0.176. The molecule has 1 fully saturated rings. The smallest absolute Gasteiger partial charge is 0.240 e. The Morgan fingerprint density at radius 1 is 1.40 bits per heavy atom. The van der Waals surface area contributed by atoms with Gasteiger partial charge in [0.05, 0.1) is 17.4 Å². The van der Waals surface area contributed by atoms with Crippen LogP contribution in [0.15, 0.2) is 24.5 Å². The molecule has 1 aliphatic rings. The third-order valence-electron chi connectivity index (χ3n) is 3.44. The lowest BCUT2D eigenvalue weighted by molar-refractivity contribution is -0.119. The van der Waals surface area contributed by atoms with E-state index in [2.05, 4.69) is 9.97 Å². The fourth-order valence-electron chi connectivity index (χ4n) is 2.56. The lowest BCUT2D eigenvalue weighted by atomic mass is 10.1. The summed E-state index contributed by atoms with van der Waals surface area (Å²) in [6.45, 7) is -0.0337. The van der Waals surface area contributed by atoms with Crippen LogP contribution in [-0.2, 0) is 4.79 Å². The Morgan fingerprint density at radius 3 is 2.95 bits per heavy atom. The number of hydrogen-bond donors (Lipinski definition) is 1. The van der Waals surface area contributed by atoms with E-state index in [1.54, 1.807) is 6.07 Å². The molecule has 1 aromatic heterocycles. The molecule has 0 unspecified atom stereocenters. The first-order valence-corrected chi connectivity index (χ1v) is 6.17. The number of amides is 1. The zero-order valence-electron chi connectivity index (χ0n) is 10.5. The van der Waals surface area contributed by atoms with Crippen LogP contribution >= 0.6 is 0 Å². The molecule has 0 radical (unpaired) electrons. The molecule has 3 rings (SSSR count). The van der Waals surface area contributed by atoms with Crippen molar-refractivity contribution in [2.75, 3.05) is 11.4 Å². The van der Waals surface area contributed by atoms with Gasteiger partial charge in [0.2, 0.25) is 5.91 Å². The monoisotopic (exact) mass is 278 g/mol. The molecule has 0 aliphatic carbocycles. The summed E-state index contributed by atoms with van der Waals surface area (Å²) < 4.78 is 27.6. The number of aromatic nitrogens is 2. The SMILES string of the molecule is NC(=O)[C@@H]1C[C@@H](F)CN1c1ncnc2cccc(F)c12. The van der Waals surface area contributed by atoms with E-state index in [-0.39, 0.29) is 24.2 Å². The number of halogens is 2. The molecule has 1 aliphatic heterocycles. The molecule has 1 saturated heterocycles. The van der Waals surface area contributed by atoms with Gasteiger partial charge >= 0.3 is 0 Å². The number of anilines is 1. The number of carbonyl (C=O) groups is 1. The highest BCUT2D eigenvalue weighted by molar-refractivity contribution is 5.93. The van der Waals surface area contributed by atoms with E-state index in [0.717, 1.165) is 0 Å². The van der Waals surface area contributed by atoms with Gasteiger partial charge in [-0.05, 0) is 12.1 Å². The van der Waals surface area contributed by atoms with Gasteiger partial charge in [0.15, 0.2) is 0 Å². The third-order valence-corrected chi connectivity index (χ3v) is 3.44. The molecular weight excluding hydrogens is 266 g/mol. The van der Waals surface area contributed by atoms with Crippen LogP contribution < -0.4 is 10.6 Å². The molecule has 0 saturated carbocycles. The van der Waals surface area contributed by atoms with Crippen LogP contribution in [-0.4, -0.2) is 34.6 Å². The summed E-state index contributed by atoms with van der Waals surface area (Å²) in [6, 6.07) is 3.62. The number of fused-ring (bicyclic) bond motifs is 1. The maximum absolute atomic E-state index is 14.0. The maximum atomic E-state index is 14.0. The highest BCUT2D eigenvalue weighted by Gasteiger charge is 2.37. The van der Waals surface area contributed by atoms with Gasteiger partial charge in [0, 0.05) is 6.42 Å². The minimum atomic E-state index is -1.19. The number of primary amides is 1. The molecule has 7 heteroatoms. The average molecular weight is 278 g/mol. The summed E-state index contributed by atoms with van der Waals surface area (Å²) in [5.74, 6) is -0.950. The fourth-order valence-corrected chi connectivity index (χ4v) is 2.56. The Bertz CT molecular complexity index is 673. The van der Waals surface area contributed by atoms with E-state index in [9.17, 15) is 13.6 Å². The Hall–Kier alpha value is -2.31. The van der Waals surface area contributed by atoms with Crippen molar-refractivity contribution in [2.45, 2.75) is 18.6 Å². The molecule has 2 aromatic rings. The number of nitrogens with zero attached hydrogens (tertiary/aromatic N) is 3. The second-order valence-corrected chi connectivity index (χ2v) is 4.73. The van der Waals surface area contributed by atoms with E-state index in [0.29, 0.717) is 5.52 Å². The number of alkyl halides is 1. The molecule has 2 heterocycles. The van der Waals surface area contributed by atoms with Crippen LogP contribution in [0.5, 0.6) is 0 Å². The van der Waals surface area contributed by atoms with Gasteiger partial charge in [-0.3, -0.25) is 4.79 Å². The summed E-state index contributed by atoms with van der Waals surface area (Å²) in [7, 11) is 0. The van der Waals surface area contributed by atoms with Gasteiger partial charge in [-0.25, -0.2) is 18.7 Å². The van der Waals surface area contributed by atoms with Crippen LogP contribution in [0.3, 0.4) is 0 Å². The molecule has 20 heavy (non-hydrogen) atoms. The van der Waals surface area contributed by atoms with Gasteiger partial charge in [-0.15, -0.1) is 0 Å². The molecule has 2 N–H and O–H groups in total. The zero-order valence-corrected chi connectivity index (χ0v) is 10.5. The van der Waals surface area contributed by atoms with Gasteiger partial charge in [-0.1, -0.05) is 6.07 Å². The fraction of sp³-hybridized carbons (Fsp3) is 0.308. The number of carbonyl (C=O) groups excluding carboxylic acids is 1. The van der Waals surface area contributed by atoms with Crippen molar-refractivity contribution in [3.8, 4) is 0 Å². The van der Waals surface area contributed by atoms with E-state index < -0.39 is 23.9 Å². The number of hydrogen-bond acceptors (Lipinski definition) is 4. The first kappa shape index (κ1) is 12.7. The van der Waals surface area contributed by atoms with E-state index in [1.807, 2.05) is 0 Å².